The molecule has 0 heterocycles. The second-order valence-corrected chi connectivity index (χ2v) is 6.83. The fourth-order valence-electron chi connectivity index (χ4n) is 2.81. The van der Waals surface area contributed by atoms with Crippen LogP contribution in [0.4, 0.5) is 0 Å². The van der Waals surface area contributed by atoms with Crippen LogP contribution >= 0.6 is 0 Å². The number of rotatable bonds is 0. The Morgan fingerprint density at radius 1 is 0.370 bits per heavy atom. The second kappa shape index (κ2) is 20.2. The van der Waals surface area contributed by atoms with Gasteiger partial charge in [0.05, 0.1) is 0 Å². The molecule has 1 aliphatic carbocycles. The summed E-state index contributed by atoms with van der Waals surface area (Å²) in [7, 11) is 0. The predicted molar refractivity (Wildman–Crippen MR) is 123 cm³/mol. The molecule has 0 aromatic rings. The van der Waals surface area contributed by atoms with E-state index in [-0.39, 0.29) is 0 Å². The molecule has 0 saturated heterocycles. The maximum absolute atomic E-state index is 3.36. The van der Waals surface area contributed by atoms with Gasteiger partial charge in [0, 0.05) is 0 Å². The van der Waals surface area contributed by atoms with Crippen molar-refractivity contribution in [2.24, 2.45) is 0 Å². The van der Waals surface area contributed by atoms with Crippen LogP contribution < -0.4 is 0 Å². The van der Waals surface area contributed by atoms with Gasteiger partial charge in [-0.05, 0) is 31.8 Å². The Morgan fingerprint density at radius 3 is 1.33 bits per heavy atom. The van der Waals surface area contributed by atoms with E-state index in [1.165, 1.54) is 64.2 Å². The zero-order valence-corrected chi connectivity index (χ0v) is 16.9. The summed E-state index contributed by atoms with van der Waals surface area (Å²) in [6, 6.07) is 0. The average molecular weight is 362 g/mol. The highest BCUT2D eigenvalue weighted by molar-refractivity contribution is 5.21. The van der Waals surface area contributed by atoms with Crippen LogP contribution in [0, 0.1) is 6.08 Å². The molecule has 0 spiro atoms. The third-order valence-corrected chi connectivity index (χ3v) is 4.38. The van der Waals surface area contributed by atoms with Gasteiger partial charge >= 0.3 is 0 Å². The molecule has 0 aromatic heterocycles. The molecule has 0 nitrogen and oxygen atoms in total. The van der Waals surface area contributed by atoms with Crippen LogP contribution in [0.3, 0.4) is 0 Å². The van der Waals surface area contributed by atoms with E-state index in [1.54, 1.807) is 0 Å². The van der Waals surface area contributed by atoms with E-state index >= 15 is 0 Å². The lowest BCUT2D eigenvalue weighted by Crippen LogP contribution is -1.81. The minimum Gasteiger partial charge on any atom is -0.0845 e. The van der Waals surface area contributed by atoms with Crippen LogP contribution in [-0.4, -0.2) is 0 Å². The van der Waals surface area contributed by atoms with Crippen molar-refractivity contribution in [3.63, 3.8) is 0 Å². The Bertz CT molecular complexity index is 497. The Balaban J connectivity index is 2.37. The molecule has 1 rings (SSSR count). The van der Waals surface area contributed by atoms with Crippen molar-refractivity contribution in [3.05, 3.63) is 97.2 Å². The van der Waals surface area contributed by atoms with E-state index < -0.39 is 0 Å². The van der Waals surface area contributed by atoms with Crippen LogP contribution in [0.15, 0.2) is 91.1 Å². The summed E-state index contributed by atoms with van der Waals surface area (Å²) in [5, 5.41) is 0. The summed E-state index contributed by atoms with van der Waals surface area (Å²) in [6.07, 6.45) is 49.0. The molecular formula is C27H37. The molecular weight excluding hydrogens is 324 g/mol. The lowest BCUT2D eigenvalue weighted by Gasteiger charge is -2.01. The van der Waals surface area contributed by atoms with Crippen molar-refractivity contribution in [1.82, 2.24) is 0 Å². The highest BCUT2D eigenvalue weighted by Gasteiger charge is 1.92. The molecule has 0 N–H and O–H groups in total. The van der Waals surface area contributed by atoms with Crippen LogP contribution in [0.25, 0.3) is 0 Å². The Morgan fingerprint density at radius 2 is 0.778 bits per heavy atom. The first-order valence-corrected chi connectivity index (χ1v) is 10.7. The maximum Gasteiger partial charge on any atom is -0.0276 e. The molecule has 0 amide bonds. The zero-order chi connectivity index (χ0) is 19.1. The van der Waals surface area contributed by atoms with Crippen molar-refractivity contribution in [3.8, 4) is 0 Å². The first-order chi connectivity index (χ1) is 13.5. The van der Waals surface area contributed by atoms with Gasteiger partial charge in [0.1, 0.15) is 0 Å². The summed E-state index contributed by atoms with van der Waals surface area (Å²) in [6.45, 7) is 0. The number of hydrogen-bond acceptors (Lipinski definition) is 0. The first kappa shape index (κ1) is 23.0. The van der Waals surface area contributed by atoms with E-state index in [9.17, 15) is 0 Å². The minimum atomic E-state index is 1.08. The van der Waals surface area contributed by atoms with Gasteiger partial charge in [-0.15, -0.1) is 0 Å². The fraction of sp³-hybridized carbons (Fsp3) is 0.407. The van der Waals surface area contributed by atoms with Gasteiger partial charge in [-0.25, -0.2) is 0 Å². The zero-order valence-electron chi connectivity index (χ0n) is 16.9. The molecule has 145 valence electrons. The highest BCUT2D eigenvalue weighted by atomic mass is 14.0. The number of allylic oxidation sites excluding steroid dienone is 16. The van der Waals surface area contributed by atoms with E-state index in [0.717, 1.165) is 6.42 Å². The Kier molecular flexibility index (Phi) is 17.2. The molecule has 0 aliphatic heterocycles. The fourth-order valence-corrected chi connectivity index (χ4v) is 2.81. The molecule has 0 fully saturated rings. The van der Waals surface area contributed by atoms with Gasteiger partial charge in [0.25, 0.3) is 0 Å². The normalized spacial score (nSPS) is 28.7. The van der Waals surface area contributed by atoms with Crippen LogP contribution in [-0.2, 0) is 0 Å². The van der Waals surface area contributed by atoms with Crippen molar-refractivity contribution in [2.45, 2.75) is 70.6 Å². The molecule has 1 aliphatic rings. The molecule has 0 saturated carbocycles. The summed E-state index contributed by atoms with van der Waals surface area (Å²) in [4.78, 5) is 0. The number of hydrogen-bond donors (Lipinski definition) is 0. The summed E-state index contributed by atoms with van der Waals surface area (Å²) in [5.74, 6) is 0. The molecule has 0 heteroatoms. The second-order valence-electron chi connectivity index (χ2n) is 6.83. The van der Waals surface area contributed by atoms with E-state index in [1.807, 2.05) is 54.7 Å². The third kappa shape index (κ3) is 18.5. The highest BCUT2D eigenvalue weighted by Crippen LogP contribution is 2.11. The average Bonchev–Trinajstić information content (AvgIpc) is 2.68. The molecule has 0 unspecified atom stereocenters. The monoisotopic (exact) mass is 361 g/mol. The summed E-state index contributed by atoms with van der Waals surface area (Å²) >= 11 is 0. The van der Waals surface area contributed by atoms with Gasteiger partial charge < -0.3 is 0 Å². The topological polar surface area (TPSA) is 0 Å². The molecule has 0 aromatic carbocycles. The minimum absolute atomic E-state index is 1.08. The lowest BCUT2D eigenvalue weighted by atomic mass is 10.1. The Hall–Kier alpha value is -2.08. The molecule has 0 bridgehead atoms. The van der Waals surface area contributed by atoms with Crippen LogP contribution in [0.2, 0.25) is 0 Å². The largest absolute Gasteiger partial charge is 0.0845 e. The van der Waals surface area contributed by atoms with Gasteiger partial charge in [-0.1, -0.05) is 136 Å². The van der Waals surface area contributed by atoms with E-state index in [0.29, 0.717) is 0 Å². The van der Waals surface area contributed by atoms with Gasteiger partial charge in [0.15, 0.2) is 0 Å². The summed E-state index contributed by atoms with van der Waals surface area (Å²) < 4.78 is 0. The summed E-state index contributed by atoms with van der Waals surface area (Å²) in [5.41, 5.74) is 0. The standard InChI is InChI=1S/C27H37/c1-2-4-6-8-10-12-14-16-18-20-22-24-26-27-25-23-21-19-17-15-13-11-9-7-5-3-1/h1-15H,16,18-27H2/b2-1-,5-3-,6-4-,9-7-,10-8-,13-11-,14-12-,17-15?. The molecule has 0 atom stereocenters. The third-order valence-electron chi connectivity index (χ3n) is 4.38. The van der Waals surface area contributed by atoms with E-state index in [4.69, 9.17) is 0 Å². The van der Waals surface area contributed by atoms with Crippen molar-refractivity contribution in [2.75, 3.05) is 0 Å². The lowest BCUT2D eigenvalue weighted by molar-refractivity contribution is 0.560. The maximum atomic E-state index is 3.36. The predicted octanol–water partition coefficient (Wildman–Crippen LogP) is 8.54. The van der Waals surface area contributed by atoms with Gasteiger partial charge in [-0.3, -0.25) is 0 Å². The van der Waals surface area contributed by atoms with E-state index in [2.05, 4.69) is 42.5 Å². The van der Waals surface area contributed by atoms with Gasteiger partial charge in [0.2, 0.25) is 0 Å². The SMILES string of the molecule is [C]1=C/C=C\C=C/C=C\C=C/C=C\C=C/C=C\CCCCCCCCCCC\1. The van der Waals surface area contributed by atoms with Crippen molar-refractivity contribution in [1.29, 1.82) is 0 Å². The van der Waals surface area contributed by atoms with Crippen molar-refractivity contribution >= 4 is 0 Å². The molecule has 1 radical (unpaired) electrons. The van der Waals surface area contributed by atoms with Crippen molar-refractivity contribution < 1.29 is 0 Å². The first-order valence-electron chi connectivity index (χ1n) is 10.7. The van der Waals surface area contributed by atoms with Crippen LogP contribution in [0.5, 0.6) is 0 Å². The molecule has 27 heavy (non-hydrogen) atoms. The smallest absolute Gasteiger partial charge is 0.0276 e. The quantitative estimate of drug-likeness (QED) is 0.405. The Labute approximate surface area is 168 Å². The van der Waals surface area contributed by atoms with Gasteiger partial charge in [-0.2, -0.15) is 0 Å². The van der Waals surface area contributed by atoms with Crippen LogP contribution in [0.1, 0.15) is 70.6 Å².